The van der Waals surface area contributed by atoms with E-state index in [1.807, 2.05) is 36.2 Å². The number of hydrogen-bond acceptors (Lipinski definition) is 4. The molecule has 5 nitrogen and oxygen atoms in total. The lowest BCUT2D eigenvalue weighted by Gasteiger charge is -2.20. The van der Waals surface area contributed by atoms with Gasteiger partial charge < -0.3 is 10.6 Å². The van der Waals surface area contributed by atoms with Gasteiger partial charge in [-0.2, -0.15) is 5.10 Å². The standard InChI is InChI=1S/C13H14ClN5/c1-19(8-9-2-4-10(14)5-3-9)13-11(12(15)16)6-7-17-18-13/h2-7H,8H2,1H3,(H3,15,16). The summed E-state index contributed by atoms with van der Waals surface area (Å²) >= 11 is 5.85. The summed E-state index contributed by atoms with van der Waals surface area (Å²) in [5, 5.41) is 16.1. The van der Waals surface area contributed by atoms with Crippen LogP contribution >= 0.6 is 11.6 Å². The molecule has 0 atom stereocenters. The number of nitrogens with one attached hydrogen (secondary N) is 1. The third kappa shape index (κ3) is 3.20. The normalized spacial score (nSPS) is 10.2. The first-order valence-electron chi connectivity index (χ1n) is 5.69. The van der Waals surface area contributed by atoms with Crippen molar-refractivity contribution in [3.63, 3.8) is 0 Å². The van der Waals surface area contributed by atoms with Gasteiger partial charge in [0.2, 0.25) is 0 Å². The highest BCUT2D eigenvalue weighted by molar-refractivity contribution is 6.30. The summed E-state index contributed by atoms with van der Waals surface area (Å²) in [6, 6.07) is 9.26. The topological polar surface area (TPSA) is 78.9 Å². The van der Waals surface area contributed by atoms with Gasteiger partial charge >= 0.3 is 0 Å². The Balaban J connectivity index is 2.22. The molecule has 2 aromatic rings. The second-order valence-corrected chi connectivity index (χ2v) is 4.60. The first-order chi connectivity index (χ1) is 9.08. The molecular weight excluding hydrogens is 262 g/mol. The van der Waals surface area contributed by atoms with Crippen molar-refractivity contribution < 1.29 is 0 Å². The maximum Gasteiger partial charge on any atom is 0.162 e. The summed E-state index contributed by atoms with van der Waals surface area (Å²) < 4.78 is 0. The Morgan fingerprint density at radius 3 is 2.63 bits per heavy atom. The van der Waals surface area contributed by atoms with Gasteiger partial charge in [-0.15, -0.1) is 5.10 Å². The summed E-state index contributed by atoms with van der Waals surface area (Å²) in [6.07, 6.45) is 1.52. The minimum absolute atomic E-state index is 0.0205. The number of aromatic nitrogens is 2. The molecule has 0 spiro atoms. The lowest BCUT2D eigenvalue weighted by atomic mass is 10.2. The van der Waals surface area contributed by atoms with Crippen molar-refractivity contribution in [1.82, 2.24) is 10.2 Å². The smallest absolute Gasteiger partial charge is 0.162 e. The average molecular weight is 276 g/mol. The second-order valence-electron chi connectivity index (χ2n) is 4.16. The number of hydrogen-bond donors (Lipinski definition) is 2. The Kier molecular flexibility index (Phi) is 3.97. The van der Waals surface area contributed by atoms with Crippen LogP contribution in [0.15, 0.2) is 36.5 Å². The first kappa shape index (κ1) is 13.3. The summed E-state index contributed by atoms with van der Waals surface area (Å²) in [4.78, 5) is 1.90. The number of nitrogens with two attached hydrogens (primary N) is 1. The van der Waals surface area contributed by atoms with Crippen LogP contribution < -0.4 is 10.6 Å². The van der Waals surface area contributed by atoms with Crippen LogP contribution in [0.4, 0.5) is 5.82 Å². The highest BCUT2D eigenvalue weighted by atomic mass is 35.5. The van der Waals surface area contributed by atoms with Gasteiger partial charge in [-0.1, -0.05) is 23.7 Å². The number of amidine groups is 1. The predicted molar refractivity (Wildman–Crippen MR) is 76.6 cm³/mol. The third-order valence-electron chi connectivity index (χ3n) is 2.69. The molecule has 0 saturated heterocycles. The zero-order valence-corrected chi connectivity index (χ0v) is 11.2. The second kappa shape index (κ2) is 5.67. The van der Waals surface area contributed by atoms with Crippen molar-refractivity contribution in [2.45, 2.75) is 6.54 Å². The van der Waals surface area contributed by atoms with E-state index in [2.05, 4.69) is 10.2 Å². The molecule has 1 aromatic heterocycles. The van der Waals surface area contributed by atoms with E-state index in [9.17, 15) is 0 Å². The fourth-order valence-electron chi connectivity index (χ4n) is 1.76. The summed E-state index contributed by atoms with van der Waals surface area (Å²) in [5.41, 5.74) is 7.20. The Hall–Kier alpha value is -2.14. The molecule has 0 aliphatic carbocycles. The summed E-state index contributed by atoms with van der Waals surface area (Å²) in [5.74, 6) is 0.567. The van der Waals surface area contributed by atoms with Crippen LogP contribution in [0.5, 0.6) is 0 Å². The zero-order valence-electron chi connectivity index (χ0n) is 10.5. The number of anilines is 1. The molecule has 1 aromatic carbocycles. The molecule has 0 fully saturated rings. The Labute approximate surface area is 116 Å². The molecule has 19 heavy (non-hydrogen) atoms. The molecule has 98 valence electrons. The molecule has 0 amide bonds. The average Bonchev–Trinajstić information content (AvgIpc) is 2.41. The van der Waals surface area contributed by atoms with Crippen LogP contribution in [-0.2, 0) is 6.54 Å². The number of rotatable bonds is 4. The van der Waals surface area contributed by atoms with Crippen molar-refractivity contribution in [2.24, 2.45) is 5.73 Å². The van der Waals surface area contributed by atoms with Gasteiger partial charge in [0.1, 0.15) is 5.84 Å². The molecule has 0 unspecified atom stereocenters. The fraction of sp³-hybridized carbons (Fsp3) is 0.154. The van der Waals surface area contributed by atoms with E-state index in [0.29, 0.717) is 22.9 Å². The number of nitrogens with zero attached hydrogens (tertiary/aromatic N) is 3. The zero-order chi connectivity index (χ0) is 13.8. The maximum atomic E-state index is 7.54. The van der Waals surface area contributed by atoms with Gasteiger partial charge in [0.15, 0.2) is 5.82 Å². The van der Waals surface area contributed by atoms with Crippen molar-refractivity contribution in [1.29, 1.82) is 5.41 Å². The predicted octanol–water partition coefficient (Wildman–Crippen LogP) is 2.05. The van der Waals surface area contributed by atoms with E-state index >= 15 is 0 Å². The molecular formula is C13H14ClN5. The maximum absolute atomic E-state index is 7.54. The van der Waals surface area contributed by atoms with Crippen molar-refractivity contribution >= 4 is 23.3 Å². The minimum Gasteiger partial charge on any atom is -0.384 e. The van der Waals surface area contributed by atoms with Crippen LogP contribution in [0.1, 0.15) is 11.1 Å². The van der Waals surface area contributed by atoms with Gasteiger partial charge in [-0.3, -0.25) is 5.41 Å². The Morgan fingerprint density at radius 1 is 1.32 bits per heavy atom. The molecule has 3 N–H and O–H groups in total. The van der Waals surface area contributed by atoms with Gasteiger partial charge in [0.25, 0.3) is 0 Å². The Bertz CT molecular complexity index is 582. The van der Waals surface area contributed by atoms with E-state index in [1.165, 1.54) is 6.20 Å². The SMILES string of the molecule is CN(Cc1ccc(Cl)cc1)c1nnccc1C(=N)N. The number of nitrogen functional groups attached to an aromatic ring is 1. The molecule has 2 rings (SSSR count). The summed E-state index contributed by atoms with van der Waals surface area (Å²) in [7, 11) is 1.88. The summed E-state index contributed by atoms with van der Waals surface area (Å²) in [6.45, 7) is 0.635. The van der Waals surface area contributed by atoms with Gasteiger partial charge in [0.05, 0.1) is 11.8 Å². The molecule has 1 heterocycles. The third-order valence-corrected chi connectivity index (χ3v) is 2.94. The van der Waals surface area contributed by atoms with Crippen molar-refractivity contribution in [3.05, 3.63) is 52.7 Å². The van der Waals surface area contributed by atoms with E-state index in [-0.39, 0.29) is 5.84 Å². The van der Waals surface area contributed by atoms with Crippen LogP contribution in [0, 0.1) is 5.41 Å². The molecule has 0 bridgehead atoms. The molecule has 6 heteroatoms. The van der Waals surface area contributed by atoms with Crippen LogP contribution in [-0.4, -0.2) is 23.1 Å². The van der Waals surface area contributed by atoms with Crippen LogP contribution in [0.3, 0.4) is 0 Å². The highest BCUT2D eigenvalue weighted by Gasteiger charge is 2.11. The van der Waals surface area contributed by atoms with Crippen LogP contribution in [0.25, 0.3) is 0 Å². The van der Waals surface area contributed by atoms with Crippen molar-refractivity contribution in [2.75, 3.05) is 11.9 Å². The van der Waals surface area contributed by atoms with Crippen LogP contribution in [0.2, 0.25) is 5.02 Å². The molecule has 0 aliphatic heterocycles. The molecule has 0 saturated carbocycles. The van der Waals surface area contributed by atoms with Gasteiger partial charge in [-0.25, -0.2) is 0 Å². The number of benzene rings is 1. The largest absolute Gasteiger partial charge is 0.384 e. The van der Waals surface area contributed by atoms with E-state index < -0.39 is 0 Å². The fourth-order valence-corrected chi connectivity index (χ4v) is 1.88. The highest BCUT2D eigenvalue weighted by Crippen LogP contribution is 2.17. The lowest BCUT2D eigenvalue weighted by Crippen LogP contribution is -2.23. The van der Waals surface area contributed by atoms with E-state index in [1.54, 1.807) is 6.07 Å². The lowest BCUT2D eigenvalue weighted by molar-refractivity contribution is 0.863. The van der Waals surface area contributed by atoms with E-state index in [4.69, 9.17) is 22.7 Å². The Morgan fingerprint density at radius 2 is 2.00 bits per heavy atom. The molecule has 0 aliphatic rings. The monoisotopic (exact) mass is 275 g/mol. The van der Waals surface area contributed by atoms with Gasteiger partial charge in [0, 0.05) is 18.6 Å². The van der Waals surface area contributed by atoms with E-state index in [0.717, 1.165) is 5.56 Å². The minimum atomic E-state index is -0.0205. The first-order valence-corrected chi connectivity index (χ1v) is 6.07. The molecule has 0 radical (unpaired) electrons. The van der Waals surface area contributed by atoms with Crippen molar-refractivity contribution in [3.8, 4) is 0 Å². The quantitative estimate of drug-likeness (QED) is 0.661. The number of halogens is 1. The van der Waals surface area contributed by atoms with Gasteiger partial charge in [-0.05, 0) is 23.8 Å².